The topological polar surface area (TPSA) is 108 Å². The van der Waals surface area contributed by atoms with Gasteiger partial charge in [0.2, 0.25) is 0 Å². The van der Waals surface area contributed by atoms with Crippen molar-refractivity contribution >= 4 is 34.3 Å². The smallest absolute Gasteiger partial charge is 0.417 e. The van der Waals surface area contributed by atoms with Crippen molar-refractivity contribution in [3.8, 4) is 5.75 Å². The quantitative estimate of drug-likeness (QED) is 0.596. The van der Waals surface area contributed by atoms with Crippen LogP contribution in [0.4, 0.5) is 11.4 Å². The van der Waals surface area contributed by atoms with Crippen molar-refractivity contribution < 1.29 is 18.7 Å². The predicted octanol–water partition coefficient (Wildman–Crippen LogP) is 2.12. The molecule has 0 radical (unpaired) electrons. The summed E-state index contributed by atoms with van der Waals surface area (Å²) in [6.07, 6.45) is 2.03. The molecule has 9 heteroatoms. The Bertz CT molecular complexity index is 1250. The fourth-order valence-corrected chi connectivity index (χ4v) is 4.38. The van der Waals surface area contributed by atoms with E-state index in [4.69, 9.17) is 9.15 Å². The third-order valence-electron chi connectivity index (χ3n) is 6.02. The third kappa shape index (κ3) is 3.81. The lowest BCUT2D eigenvalue weighted by atomic mass is 10.0. The molecule has 3 heterocycles. The molecule has 3 aromatic rings. The van der Waals surface area contributed by atoms with Gasteiger partial charge in [0.05, 0.1) is 12.1 Å². The molecule has 1 saturated heterocycles. The zero-order valence-electron chi connectivity index (χ0n) is 17.7. The lowest BCUT2D eigenvalue weighted by molar-refractivity contribution is -0.144. The van der Waals surface area contributed by atoms with Crippen LogP contribution in [-0.2, 0) is 16.0 Å². The Kier molecular flexibility index (Phi) is 5.08. The average molecular weight is 436 g/mol. The van der Waals surface area contributed by atoms with Crippen LogP contribution in [0, 0.1) is 0 Å². The van der Waals surface area contributed by atoms with Gasteiger partial charge in [-0.05, 0) is 55.7 Å². The number of carbonyl (C=O) groups excluding carboxylic acids is 2. The molecule has 2 aromatic carbocycles. The number of ether oxygens (including phenoxy) is 1. The van der Waals surface area contributed by atoms with Gasteiger partial charge in [0.25, 0.3) is 0 Å². The summed E-state index contributed by atoms with van der Waals surface area (Å²) in [6.45, 7) is 4.44. The van der Waals surface area contributed by atoms with E-state index in [1.807, 2.05) is 13.0 Å². The summed E-state index contributed by atoms with van der Waals surface area (Å²) in [5.41, 5.74) is 3.56. The molecule has 9 nitrogen and oxygen atoms in total. The summed E-state index contributed by atoms with van der Waals surface area (Å²) in [5, 5.41) is 2.60. The van der Waals surface area contributed by atoms with Gasteiger partial charge in [0.15, 0.2) is 5.58 Å². The van der Waals surface area contributed by atoms with Gasteiger partial charge in [-0.25, -0.2) is 4.79 Å². The molecule has 1 aromatic heterocycles. The second kappa shape index (κ2) is 8.07. The Morgan fingerprint density at radius 2 is 2.03 bits per heavy atom. The fourth-order valence-electron chi connectivity index (χ4n) is 4.38. The number of aromatic amines is 1. The Morgan fingerprint density at radius 3 is 2.88 bits per heavy atom. The highest BCUT2D eigenvalue weighted by atomic mass is 16.5. The van der Waals surface area contributed by atoms with Crippen LogP contribution in [-0.4, -0.2) is 54.0 Å². The maximum atomic E-state index is 12.8. The van der Waals surface area contributed by atoms with E-state index in [-0.39, 0.29) is 6.04 Å². The first kappa shape index (κ1) is 20.2. The van der Waals surface area contributed by atoms with Crippen LogP contribution >= 0.6 is 0 Å². The van der Waals surface area contributed by atoms with Crippen molar-refractivity contribution in [3.63, 3.8) is 0 Å². The number of nitrogens with zero attached hydrogens (tertiary/aromatic N) is 2. The van der Waals surface area contributed by atoms with Crippen LogP contribution in [0.2, 0.25) is 0 Å². The minimum Gasteiger partial charge on any atom is -0.493 e. The van der Waals surface area contributed by atoms with Crippen molar-refractivity contribution in [1.82, 2.24) is 9.88 Å². The highest BCUT2D eigenvalue weighted by Gasteiger charge is 2.31. The highest BCUT2D eigenvalue weighted by Crippen LogP contribution is 2.30. The number of piperazine rings is 1. The molecule has 0 unspecified atom stereocenters. The molecule has 0 bridgehead atoms. The van der Waals surface area contributed by atoms with E-state index in [1.54, 1.807) is 17.0 Å². The largest absolute Gasteiger partial charge is 0.493 e. The molecule has 1 fully saturated rings. The van der Waals surface area contributed by atoms with Crippen LogP contribution < -0.4 is 20.7 Å². The number of anilines is 2. The molecule has 2 amide bonds. The summed E-state index contributed by atoms with van der Waals surface area (Å²) in [7, 11) is 0. The highest BCUT2D eigenvalue weighted by molar-refractivity contribution is 6.39. The first-order valence-corrected chi connectivity index (χ1v) is 10.7. The zero-order chi connectivity index (χ0) is 22.2. The first-order valence-electron chi connectivity index (χ1n) is 10.7. The molecule has 1 atom stereocenters. The van der Waals surface area contributed by atoms with Crippen LogP contribution in [0.3, 0.4) is 0 Å². The Morgan fingerprint density at radius 1 is 1.16 bits per heavy atom. The SMILES string of the molecule is C[C@@H]1CN(c2ccc3c(c2)CCCO3)CCN1C(=O)C(=O)Nc1ccc2[nH]c(=O)oc2c1. The molecule has 2 aliphatic rings. The van der Waals surface area contributed by atoms with Gasteiger partial charge < -0.3 is 24.3 Å². The standard InChI is InChI=1S/C23H24N4O5/c1-14-13-26(17-5-7-19-15(11-17)3-2-10-31-19)8-9-27(14)22(29)21(28)24-16-4-6-18-20(12-16)32-23(30)25-18/h4-7,11-12,14H,2-3,8-10,13H2,1H3,(H,24,28)(H,25,30)/t14-/m1/s1. The summed E-state index contributed by atoms with van der Waals surface area (Å²) >= 11 is 0. The van der Waals surface area contributed by atoms with Crippen molar-refractivity contribution in [2.75, 3.05) is 36.5 Å². The minimum absolute atomic E-state index is 0.126. The Hall–Kier alpha value is -3.75. The molecule has 5 rings (SSSR count). The zero-order valence-corrected chi connectivity index (χ0v) is 17.7. The van der Waals surface area contributed by atoms with Gasteiger partial charge in [-0.15, -0.1) is 0 Å². The van der Waals surface area contributed by atoms with Crippen LogP contribution in [0.15, 0.2) is 45.6 Å². The Balaban J connectivity index is 1.24. The van der Waals surface area contributed by atoms with E-state index in [9.17, 15) is 14.4 Å². The second-order valence-electron chi connectivity index (χ2n) is 8.22. The lowest BCUT2D eigenvalue weighted by Gasteiger charge is -2.40. The Labute approximate surface area is 183 Å². The fraction of sp³-hybridized carbons (Fsp3) is 0.348. The third-order valence-corrected chi connectivity index (χ3v) is 6.02. The number of H-pyrrole nitrogens is 1. The van der Waals surface area contributed by atoms with Crippen molar-refractivity contribution in [1.29, 1.82) is 0 Å². The molecule has 166 valence electrons. The van der Waals surface area contributed by atoms with E-state index >= 15 is 0 Å². The van der Waals surface area contributed by atoms with E-state index in [0.717, 1.165) is 30.9 Å². The summed E-state index contributed by atoms with van der Waals surface area (Å²) in [6, 6.07) is 10.9. The predicted molar refractivity (Wildman–Crippen MR) is 119 cm³/mol. The van der Waals surface area contributed by atoms with Gasteiger partial charge in [0, 0.05) is 43.1 Å². The lowest BCUT2D eigenvalue weighted by Crippen LogP contribution is -2.56. The van der Waals surface area contributed by atoms with Crippen molar-refractivity contribution in [2.45, 2.75) is 25.8 Å². The maximum absolute atomic E-state index is 12.8. The number of nitrogens with one attached hydrogen (secondary N) is 2. The van der Waals surface area contributed by atoms with E-state index in [1.165, 1.54) is 11.6 Å². The maximum Gasteiger partial charge on any atom is 0.417 e. The van der Waals surface area contributed by atoms with E-state index in [2.05, 4.69) is 27.3 Å². The molecular weight excluding hydrogens is 412 g/mol. The molecule has 0 aliphatic carbocycles. The minimum atomic E-state index is -0.714. The summed E-state index contributed by atoms with van der Waals surface area (Å²) < 4.78 is 10.7. The number of hydrogen-bond donors (Lipinski definition) is 2. The number of benzene rings is 2. The molecule has 0 spiro atoms. The second-order valence-corrected chi connectivity index (χ2v) is 8.22. The normalized spacial score (nSPS) is 18.2. The van der Waals surface area contributed by atoms with Crippen LogP contribution in [0.1, 0.15) is 18.9 Å². The molecular formula is C23H24N4O5. The average Bonchev–Trinajstić information content (AvgIpc) is 3.17. The van der Waals surface area contributed by atoms with Gasteiger partial charge in [-0.2, -0.15) is 0 Å². The van der Waals surface area contributed by atoms with Crippen LogP contribution in [0.25, 0.3) is 11.1 Å². The van der Waals surface area contributed by atoms with E-state index in [0.29, 0.717) is 36.4 Å². The molecule has 2 N–H and O–H groups in total. The van der Waals surface area contributed by atoms with Gasteiger partial charge in [0.1, 0.15) is 5.75 Å². The first-order chi connectivity index (χ1) is 15.5. The number of carbonyl (C=O) groups is 2. The number of hydrogen-bond acceptors (Lipinski definition) is 6. The van der Waals surface area contributed by atoms with Gasteiger partial charge >= 0.3 is 17.6 Å². The summed E-state index contributed by atoms with van der Waals surface area (Å²) in [4.78, 5) is 43.1. The van der Waals surface area contributed by atoms with Crippen LogP contribution in [0.5, 0.6) is 5.75 Å². The van der Waals surface area contributed by atoms with Gasteiger partial charge in [-0.1, -0.05) is 0 Å². The van der Waals surface area contributed by atoms with Crippen molar-refractivity contribution in [3.05, 3.63) is 52.5 Å². The van der Waals surface area contributed by atoms with Gasteiger partial charge in [-0.3, -0.25) is 14.6 Å². The molecule has 32 heavy (non-hydrogen) atoms. The number of amides is 2. The number of fused-ring (bicyclic) bond motifs is 2. The van der Waals surface area contributed by atoms with Crippen molar-refractivity contribution in [2.24, 2.45) is 0 Å². The number of aryl methyl sites for hydroxylation is 1. The molecule has 0 saturated carbocycles. The van der Waals surface area contributed by atoms with E-state index < -0.39 is 17.6 Å². The monoisotopic (exact) mass is 436 g/mol. The number of rotatable bonds is 2. The number of aromatic nitrogens is 1. The summed E-state index contributed by atoms with van der Waals surface area (Å²) in [5.74, 6) is -0.909. The number of oxazole rings is 1. The molecule has 2 aliphatic heterocycles.